The molecule has 8 heteroatoms. The van der Waals surface area contributed by atoms with E-state index in [1.54, 1.807) is 24.3 Å². The number of rotatable bonds is 8. The van der Waals surface area contributed by atoms with Crippen molar-refractivity contribution in [1.29, 1.82) is 0 Å². The molecule has 0 atom stereocenters. The Bertz CT molecular complexity index is 1620. The van der Waals surface area contributed by atoms with Crippen LogP contribution in [0.2, 0.25) is 5.02 Å². The molecule has 0 amide bonds. The standard InChI is InChI=1S/C30H27F3N2O2.C6H5Cl/c31-26-18-24(12-14-27(26)35-17-7-16-30(32,33)21-35)25-13-15-28(36-19-22-8-3-1-4-9-22)34-29(25)37-20-23-10-5-2-6-11-23;7-6-4-2-1-3-5-6/h1-6,8-15,18H,7,16-17,19-21H2;1-5H. The zero-order valence-corrected chi connectivity index (χ0v) is 24.8. The van der Waals surface area contributed by atoms with Crippen molar-refractivity contribution in [2.75, 3.05) is 18.0 Å². The second kappa shape index (κ2) is 14.8. The van der Waals surface area contributed by atoms with Gasteiger partial charge < -0.3 is 14.4 Å². The number of piperidine rings is 1. The maximum atomic E-state index is 15.2. The van der Waals surface area contributed by atoms with Crippen LogP contribution in [0.4, 0.5) is 18.9 Å². The molecule has 0 bridgehead atoms. The lowest BCUT2D eigenvalue weighted by Crippen LogP contribution is -2.43. The van der Waals surface area contributed by atoms with E-state index in [0.717, 1.165) is 16.1 Å². The third-order valence-corrected chi connectivity index (χ3v) is 7.26. The second-order valence-corrected chi connectivity index (χ2v) is 10.8. The molecule has 226 valence electrons. The van der Waals surface area contributed by atoms with Crippen LogP contribution in [0.25, 0.3) is 11.1 Å². The molecule has 1 aliphatic heterocycles. The average molecular weight is 617 g/mol. The van der Waals surface area contributed by atoms with Gasteiger partial charge in [-0.25, -0.2) is 13.2 Å². The van der Waals surface area contributed by atoms with Crippen LogP contribution in [0.5, 0.6) is 11.8 Å². The van der Waals surface area contributed by atoms with Crippen molar-refractivity contribution in [3.63, 3.8) is 0 Å². The summed E-state index contributed by atoms with van der Waals surface area (Å²) in [5, 5.41) is 0.794. The first-order valence-corrected chi connectivity index (χ1v) is 14.7. The van der Waals surface area contributed by atoms with Gasteiger partial charge in [0, 0.05) is 29.6 Å². The molecule has 0 N–H and O–H groups in total. The number of halogens is 4. The molecule has 0 radical (unpaired) electrons. The number of pyridine rings is 1. The van der Waals surface area contributed by atoms with Gasteiger partial charge >= 0.3 is 0 Å². The number of alkyl halides is 2. The molecule has 2 heterocycles. The van der Waals surface area contributed by atoms with Crippen molar-refractivity contribution in [1.82, 2.24) is 4.98 Å². The Morgan fingerprint density at radius 3 is 1.93 bits per heavy atom. The molecule has 5 aromatic rings. The first-order valence-electron chi connectivity index (χ1n) is 14.3. The van der Waals surface area contributed by atoms with Gasteiger partial charge in [-0.3, -0.25) is 0 Å². The molecule has 1 aromatic heterocycles. The van der Waals surface area contributed by atoms with Gasteiger partial charge in [-0.05, 0) is 53.4 Å². The first-order chi connectivity index (χ1) is 21.4. The van der Waals surface area contributed by atoms with E-state index >= 15 is 4.39 Å². The molecule has 1 saturated heterocycles. The van der Waals surface area contributed by atoms with Gasteiger partial charge in [0.15, 0.2) is 0 Å². The van der Waals surface area contributed by atoms with Gasteiger partial charge in [0.2, 0.25) is 11.8 Å². The summed E-state index contributed by atoms with van der Waals surface area (Å²) in [7, 11) is 0. The monoisotopic (exact) mass is 616 g/mol. The third kappa shape index (κ3) is 8.77. The molecule has 4 aromatic carbocycles. The minimum absolute atomic E-state index is 0.171. The Morgan fingerprint density at radius 2 is 1.36 bits per heavy atom. The Balaban J connectivity index is 0.000000484. The summed E-state index contributed by atoms with van der Waals surface area (Å²) in [5.74, 6) is -2.70. The molecular weight excluding hydrogens is 585 g/mol. The van der Waals surface area contributed by atoms with E-state index in [4.69, 9.17) is 21.1 Å². The van der Waals surface area contributed by atoms with Crippen molar-refractivity contribution in [3.05, 3.63) is 143 Å². The Labute approximate surface area is 260 Å². The lowest BCUT2D eigenvalue weighted by Gasteiger charge is -2.34. The summed E-state index contributed by atoms with van der Waals surface area (Å²) < 4.78 is 54.9. The summed E-state index contributed by atoms with van der Waals surface area (Å²) >= 11 is 5.54. The minimum atomic E-state index is -2.82. The van der Waals surface area contributed by atoms with Crippen LogP contribution in [-0.2, 0) is 13.2 Å². The minimum Gasteiger partial charge on any atom is -0.473 e. The molecule has 0 aliphatic carbocycles. The first kappa shape index (κ1) is 31.0. The SMILES string of the molecule is Clc1ccccc1.Fc1cc(-c2ccc(OCc3ccccc3)nc2OCc2ccccc2)ccc1N1CCCC(F)(F)C1. The predicted molar refractivity (Wildman–Crippen MR) is 169 cm³/mol. The second-order valence-electron chi connectivity index (χ2n) is 10.4. The lowest BCUT2D eigenvalue weighted by atomic mass is 10.0. The summed E-state index contributed by atoms with van der Waals surface area (Å²) in [6.07, 6.45) is 0.149. The Morgan fingerprint density at radius 1 is 0.750 bits per heavy atom. The zero-order chi connectivity index (χ0) is 30.8. The fourth-order valence-corrected chi connectivity index (χ4v) is 4.95. The molecule has 0 unspecified atom stereocenters. The molecule has 6 rings (SSSR count). The van der Waals surface area contributed by atoms with Crippen LogP contribution in [-0.4, -0.2) is 24.0 Å². The highest BCUT2D eigenvalue weighted by Crippen LogP contribution is 2.36. The topological polar surface area (TPSA) is 34.6 Å². The van der Waals surface area contributed by atoms with Crippen molar-refractivity contribution >= 4 is 17.3 Å². The zero-order valence-electron chi connectivity index (χ0n) is 24.0. The number of anilines is 1. The molecule has 0 saturated carbocycles. The van der Waals surface area contributed by atoms with Gasteiger partial charge in [-0.2, -0.15) is 4.98 Å². The smallest absolute Gasteiger partial charge is 0.265 e. The third-order valence-electron chi connectivity index (χ3n) is 7.01. The molecule has 1 fully saturated rings. The van der Waals surface area contributed by atoms with E-state index in [-0.39, 0.29) is 18.7 Å². The average Bonchev–Trinajstić information content (AvgIpc) is 3.04. The van der Waals surface area contributed by atoms with Crippen LogP contribution >= 0.6 is 11.6 Å². The summed E-state index contributed by atoms with van der Waals surface area (Å²) in [5.41, 5.74) is 3.25. The normalized spacial score (nSPS) is 13.9. The van der Waals surface area contributed by atoms with E-state index in [2.05, 4.69) is 4.98 Å². The quantitative estimate of drug-likeness (QED) is 0.174. The number of nitrogens with zero attached hydrogens (tertiary/aromatic N) is 2. The fraction of sp³-hybridized carbons (Fsp3) is 0.194. The number of benzene rings is 4. The largest absolute Gasteiger partial charge is 0.473 e. The van der Waals surface area contributed by atoms with Gasteiger partial charge in [-0.1, -0.05) is 96.5 Å². The van der Waals surface area contributed by atoms with Crippen LogP contribution < -0.4 is 14.4 Å². The summed E-state index contributed by atoms with van der Waals surface area (Å²) in [4.78, 5) is 5.97. The van der Waals surface area contributed by atoms with Crippen molar-refractivity contribution in [2.24, 2.45) is 0 Å². The van der Waals surface area contributed by atoms with E-state index in [9.17, 15) is 8.78 Å². The van der Waals surface area contributed by atoms with Crippen LogP contribution in [0.3, 0.4) is 0 Å². The van der Waals surface area contributed by atoms with E-state index in [1.807, 2.05) is 91.0 Å². The van der Waals surface area contributed by atoms with Gasteiger partial charge in [-0.15, -0.1) is 0 Å². The Hall–Kier alpha value is -4.49. The van der Waals surface area contributed by atoms with Gasteiger partial charge in [0.25, 0.3) is 5.92 Å². The maximum absolute atomic E-state index is 15.2. The lowest BCUT2D eigenvalue weighted by molar-refractivity contribution is -0.0118. The Kier molecular flexibility index (Phi) is 10.4. The van der Waals surface area contributed by atoms with Crippen molar-refractivity contribution in [3.8, 4) is 22.9 Å². The highest BCUT2D eigenvalue weighted by atomic mass is 35.5. The summed E-state index contributed by atoms with van der Waals surface area (Å²) in [6.45, 7) is 0.525. The molecule has 1 aliphatic rings. The van der Waals surface area contributed by atoms with Crippen molar-refractivity contribution < 1.29 is 22.6 Å². The number of ether oxygens (including phenoxy) is 2. The van der Waals surface area contributed by atoms with Crippen LogP contribution in [0, 0.1) is 5.82 Å². The van der Waals surface area contributed by atoms with Crippen LogP contribution in [0.15, 0.2) is 121 Å². The van der Waals surface area contributed by atoms with Crippen molar-refractivity contribution in [2.45, 2.75) is 32.0 Å². The fourth-order valence-electron chi connectivity index (χ4n) is 4.81. The van der Waals surface area contributed by atoms with E-state index in [0.29, 0.717) is 42.5 Å². The number of aromatic nitrogens is 1. The van der Waals surface area contributed by atoms with E-state index < -0.39 is 18.3 Å². The van der Waals surface area contributed by atoms with Gasteiger partial charge in [0.1, 0.15) is 19.0 Å². The maximum Gasteiger partial charge on any atom is 0.265 e. The summed E-state index contributed by atoms with van der Waals surface area (Å²) in [6, 6.07) is 36.9. The molecule has 44 heavy (non-hydrogen) atoms. The molecule has 4 nitrogen and oxygen atoms in total. The van der Waals surface area contributed by atoms with E-state index in [1.165, 1.54) is 11.0 Å². The highest BCUT2D eigenvalue weighted by Gasteiger charge is 2.36. The van der Waals surface area contributed by atoms with Gasteiger partial charge in [0.05, 0.1) is 12.2 Å². The van der Waals surface area contributed by atoms with Crippen LogP contribution in [0.1, 0.15) is 24.0 Å². The number of hydrogen-bond acceptors (Lipinski definition) is 4. The number of hydrogen-bond donors (Lipinski definition) is 0. The highest BCUT2D eigenvalue weighted by molar-refractivity contribution is 6.30. The molecular formula is C36H32ClF3N2O2. The predicted octanol–water partition coefficient (Wildman–Crippen LogP) is 9.62. The molecule has 0 spiro atoms.